The highest BCUT2D eigenvalue weighted by Gasteiger charge is 2.14. The van der Waals surface area contributed by atoms with Crippen LogP contribution in [0.25, 0.3) is 0 Å². The van der Waals surface area contributed by atoms with Crippen molar-refractivity contribution in [1.29, 1.82) is 0 Å². The fourth-order valence-corrected chi connectivity index (χ4v) is 2.48. The van der Waals surface area contributed by atoms with Crippen molar-refractivity contribution in [3.63, 3.8) is 0 Å². The number of rotatable bonds is 10. The summed E-state index contributed by atoms with van der Waals surface area (Å²) in [6.45, 7) is 2.13. The van der Waals surface area contributed by atoms with E-state index in [1.165, 1.54) is 0 Å². The lowest BCUT2D eigenvalue weighted by Gasteiger charge is -2.15. The molecule has 0 fully saturated rings. The molecule has 1 aromatic heterocycles. The van der Waals surface area contributed by atoms with E-state index in [1.54, 1.807) is 27.5 Å². The van der Waals surface area contributed by atoms with Crippen LogP contribution in [0.3, 0.4) is 0 Å². The van der Waals surface area contributed by atoms with Gasteiger partial charge in [-0.25, -0.2) is 4.98 Å². The molecule has 1 heterocycles. The quantitative estimate of drug-likeness (QED) is 0.436. The molecule has 0 bridgehead atoms. The van der Waals surface area contributed by atoms with Gasteiger partial charge in [0.1, 0.15) is 12.5 Å². The molecule has 1 unspecified atom stereocenters. The molecule has 2 rings (SSSR count). The normalized spacial score (nSPS) is 11.3. The van der Waals surface area contributed by atoms with Gasteiger partial charge in [0, 0.05) is 24.1 Å². The van der Waals surface area contributed by atoms with Crippen LogP contribution in [-0.2, 0) is 11.2 Å². The van der Waals surface area contributed by atoms with Gasteiger partial charge in [-0.05, 0) is 24.6 Å². The number of benzene rings is 1. The molecule has 10 heteroatoms. The number of nitrogens with one attached hydrogen (secondary N) is 1. The van der Waals surface area contributed by atoms with Crippen molar-refractivity contribution in [3.8, 4) is 17.2 Å². The van der Waals surface area contributed by atoms with Crippen LogP contribution in [0.4, 0.5) is 11.8 Å². The van der Waals surface area contributed by atoms with E-state index in [2.05, 4.69) is 15.3 Å². The molecule has 8 nitrogen and oxygen atoms in total. The summed E-state index contributed by atoms with van der Waals surface area (Å²) in [5.74, 6) is 2.89. The van der Waals surface area contributed by atoms with E-state index in [-0.39, 0.29) is 25.2 Å². The highest BCUT2D eigenvalue weighted by atomic mass is 35.5. The number of halogens is 2. The minimum atomic E-state index is -0.0594. The first-order chi connectivity index (χ1) is 13.0. The standard InChI is InChI=1S/C18H25ClN4O4.ClH/c1-11(8-19)27-10-22-18-21-9-13(17(20)23-18)5-12-6-14(24-2)16(26-4)15(7-12)25-3;/h6-7,9,11H,5,8,10H2,1-4H3,(H3,20,21,22,23);1H. The van der Waals surface area contributed by atoms with E-state index in [0.717, 1.165) is 11.1 Å². The van der Waals surface area contributed by atoms with Crippen LogP contribution in [0.15, 0.2) is 18.3 Å². The van der Waals surface area contributed by atoms with Crippen LogP contribution < -0.4 is 25.3 Å². The number of nitrogen functional groups attached to an aromatic ring is 1. The van der Waals surface area contributed by atoms with E-state index in [1.807, 2.05) is 19.1 Å². The van der Waals surface area contributed by atoms with Crippen LogP contribution in [0.5, 0.6) is 17.2 Å². The molecule has 0 aliphatic carbocycles. The summed E-state index contributed by atoms with van der Waals surface area (Å²) in [7, 11) is 4.72. The summed E-state index contributed by atoms with van der Waals surface area (Å²) in [4.78, 5) is 8.54. The molecule has 0 aliphatic rings. The zero-order valence-electron chi connectivity index (χ0n) is 16.3. The second kappa shape index (κ2) is 11.6. The maximum absolute atomic E-state index is 6.08. The monoisotopic (exact) mass is 432 g/mol. The van der Waals surface area contributed by atoms with Crippen molar-refractivity contribution in [2.75, 3.05) is 45.0 Å². The number of nitrogens with zero attached hydrogens (tertiary/aromatic N) is 2. The number of anilines is 2. The molecule has 1 atom stereocenters. The van der Waals surface area contributed by atoms with Gasteiger partial charge in [0.2, 0.25) is 11.7 Å². The SMILES string of the molecule is COc1cc(Cc2cnc(NCOC(C)CCl)nc2N)cc(OC)c1OC.Cl. The Bertz CT molecular complexity index is 739. The van der Waals surface area contributed by atoms with Crippen LogP contribution in [0.1, 0.15) is 18.1 Å². The molecule has 0 amide bonds. The largest absolute Gasteiger partial charge is 0.493 e. The first-order valence-electron chi connectivity index (χ1n) is 8.34. The van der Waals surface area contributed by atoms with Gasteiger partial charge < -0.3 is 30.0 Å². The summed E-state index contributed by atoms with van der Waals surface area (Å²) in [6.07, 6.45) is 2.14. The predicted molar refractivity (Wildman–Crippen MR) is 112 cm³/mol. The van der Waals surface area contributed by atoms with E-state index < -0.39 is 0 Å². The Hall–Kier alpha value is -2.16. The van der Waals surface area contributed by atoms with E-state index in [0.29, 0.717) is 41.3 Å². The molecular weight excluding hydrogens is 407 g/mol. The molecule has 2 aromatic rings. The van der Waals surface area contributed by atoms with Gasteiger partial charge in [0.15, 0.2) is 11.5 Å². The van der Waals surface area contributed by atoms with E-state index in [4.69, 9.17) is 36.3 Å². The molecule has 3 N–H and O–H groups in total. The van der Waals surface area contributed by atoms with E-state index in [9.17, 15) is 0 Å². The minimum absolute atomic E-state index is 0. The van der Waals surface area contributed by atoms with Gasteiger partial charge in [0.25, 0.3) is 0 Å². The second-order valence-electron chi connectivity index (χ2n) is 5.77. The minimum Gasteiger partial charge on any atom is -0.493 e. The molecule has 156 valence electrons. The smallest absolute Gasteiger partial charge is 0.226 e. The maximum Gasteiger partial charge on any atom is 0.226 e. The fraction of sp³-hybridized carbons (Fsp3) is 0.444. The van der Waals surface area contributed by atoms with Gasteiger partial charge in [-0.3, -0.25) is 0 Å². The number of methoxy groups -OCH3 is 3. The third-order valence-electron chi connectivity index (χ3n) is 3.83. The summed E-state index contributed by atoms with van der Waals surface area (Å²) in [5, 5.41) is 2.95. The maximum atomic E-state index is 6.08. The predicted octanol–water partition coefficient (Wildman–Crippen LogP) is 3.11. The van der Waals surface area contributed by atoms with Crippen LogP contribution >= 0.6 is 24.0 Å². The number of hydrogen-bond donors (Lipinski definition) is 2. The number of aromatic nitrogens is 2. The first-order valence-corrected chi connectivity index (χ1v) is 8.87. The molecule has 0 saturated carbocycles. The van der Waals surface area contributed by atoms with Gasteiger partial charge in [-0.15, -0.1) is 24.0 Å². The summed E-state index contributed by atoms with van der Waals surface area (Å²) >= 11 is 5.69. The Labute approximate surface area is 176 Å². The average molecular weight is 433 g/mol. The molecule has 0 radical (unpaired) electrons. The van der Waals surface area contributed by atoms with Gasteiger partial charge >= 0.3 is 0 Å². The molecule has 0 aliphatic heterocycles. The van der Waals surface area contributed by atoms with Crippen molar-refractivity contribution < 1.29 is 18.9 Å². The summed E-state index contributed by atoms with van der Waals surface area (Å²) in [5.41, 5.74) is 7.80. The van der Waals surface area contributed by atoms with Crippen LogP contribution in [-0.4, -0.2) is 50.0 Å². The lowest BCUT2D eigenvalue weighted by molar-refractivity contribution is 0.0959. The number of ether oxygens (including phenoxy) is 4. The second-order valence-corrected chi connectivity index (χ2v) is 6.08. The lowest BCUT2D eigenvalue weighted by Crippen LogP contribution is -2.17. The van der Waals surface area contributed by atoms with Crippen molar-refractivity contribution in [2.24, 2.45) is 0 Å². The van der Waals surface area contributed by atoms with Crippen molar-refractivity contribution in [3.05, 3.63) is 29.5 Å². The first kappa shape index (κ1) is 23.9. The van der Waals surface area contributed by atoms with Gasteiger partial charge in [-0.1, -0.05) is 0 Å². The van der Waals surface area contributed by atoms with Gasteiger partial charge in [0.05, 0.1) is 27.4 Å². The van der Waals surface area contributed by atoms with Crippen molar-refractivity contribution >= 4 is 35.8 Å². The van der Waals surface area contributed by atoms with Crippen molar-refractivity contribution in [1.82, 2.24) is 9.97 Å². The molecule has 1 aromatic carbocycles. The van der Waals surface area contributed by atoms with Crippen LogP contribution in [0, 0.1) is 0 Å². The Morgan fingerprint density at radius 2 is 1.79 bits per heavy atom. The average Bonchev–Trinajstić information content (AvgIpc) is 2.68. The van der Waals surface area contributed by atoms with Crippen molar-refractivity contribution in [2.45, 2.75) is 19.4 Å². The third kappa shape index (κ3) is 6.19. The molecule has 0 spiro atoms. The highest BCUT2D eigenvalue weighted by molar-refractivity contribution is 6.18. The lowest BCUT2D eigenvalue weighted by atomic mass is 10.1. The Morgan fingerprint density at radius 1 is 1.14 bits per heavy atom. The number of nitrogens with two attached hydrogens (primary N) is 1. The zero-order chi connectivity index (χ0) is 19.8. The Kier molecular flexibility index (Phi) is 9.92. The Morgan fingerprint density at radius 3 is 2.29 bits per heavy atom. The topological polar surface area (TPSA) is 101 Å². The Balaban J connectivity index is 0.00000392. The van der Waals surface area contributed by atoms with Crippen LogP contribution in [0.2, 0.25) is 0 Å². The number of hydrogen-bond acceptors (Lipinski definition) is 8. The third-order valence-corrected chi connectivity index (χ3v) is 4.27. The zero-order valence-corrected chi connectivity index (χ0v) is 17.9. The van der Waals surface area contributed by atoms with Gasteiger partial charge in [-0.2, -0.15) is 4.98 Å². The summed E-state index contributed by atoms with van der Waals surface area (Å²) < 4.78 is 21.5. The molecular formula is C18H26Cl2N4O4. The molecule has 0 saturated heterocycles. The number of alkyl halides is 1. The summed E-state index contributed by atoms with van der Waals surface area (Å²) in [6, 6.07) is 3.74. The highest BCUT2D eigenvalue weighted by Crippen LogP contribution is 2.38. The molecule has 28 heavy (non-hydrogen) atoms. The van der Waals surface area contributed by atoms with E-state index >= 15 is 0 Å². The fourth-order valence-electron chi connectivity index (χ4n) is 2.39.